The normalized spacial score (nSPS) is 11.3. The molecule has 0 amide bonds. The summed E-state index contributed by atoms with van der Waals surface area (Å²) in [5, 5.41) is 4.49. The van der Waals surface area contributed by atoms with Crippen LogP contribution < -0.4 is 11.5 Å². The number of pyridine rings is 2. The van der Waals surface area contributed by atoms with Gasteiger partial charge in [0.1, 0.15) is 23.0 Å². The van der Waals surface area contributed by atoms with Crippen molar-refractivity contribution in [3.63, 3.8) is 0 Å². The van der Waals surface area contributed by atoms with E-state index in [2.05, 4.69) is 25.8 Å². The Morgan fingerprint density at radius 2 is 1.68 bits per heavy atom. The molecule has 0 aliphatic heterocycles. The Balaban J connectivity index is 1.43. The predicted molar refractivity (Wildman–Crippen MR) is 122 cm³/mol. The van der Waals surface area contributed by atoms with Gasteiger partial charge in [-0.3, -0.25) is 0 Å². The summed E-state index contributed by atoms with van der Waals surface area (Å²) < 4.78 is 4.02. The molecule has 31 heavy (non-hydrogen) atoms. The van der Waals surface area contributed by atoms with E-state index in [0.29, 0.717) is 11.6 Å². The standard InChI is InChI=1S/C23H22N8/c1-15-27-20-8-7-19(17-11-21(24)29-22(25)12-17)28-23(20)30(15)10-9-16-13-26-31(14-16)18-5-3-2-4-6-18/h2-8,11-14H,9-10H2,1H3,(H4,24,25,29). The van der Waals surface area contributed by atoms with Crippen molar-refractivity contribution >= 4 is 22.8 Å². The Bertz CT molecular complexity index is 1350. The summed E-state index contributed by atoms with van der Waals surface area (Å²) in [6.45, 7) is 2.75. The van der Waals surface area contributed by atoms with Crippen LogP contribution in [0.15, 0.2) is 67.0 Å². The lowest BCUT2D eigenvalue weighted by Crippen LogP contribution is -2.04. The maximum atomic E-state index is 5.86. The number of rotatable bonds is 5. The van der Waals surface area contributed by atoms with Crippen LogP contribution in [-0.2, 0) is 13.0 Å². The highest BCUT2D eigenvalue weighted by Gasteiger charge is 2.12. The molecule has 4 N–H and O–H groups in total. The van der Waals surface area contributed by atoms with Gasteiger partial charge in [-0.2, -0.15) is 5.10 Å². The fourth-order valence-electron chi connectivity index (χ4n) is 3.72. The number of benzene rings is 1. The lowest BCUT2D eigenvalue weighted by Gasteiger charge is -2.07. The molecule has 0 aliphatic rings. The van der Waals surface area contributed by atoms with Crippen molar-refractivity contribution in [1.82, 2.24) is 29.3 Å². The zero-order valence-electron chi connectivity index (χ0n) is 17.1. The molecule has 0 saturated heterocycles. The van der Waals surface area contributed by atoms with E-state index in [9.17, 15) is 0 Å². The van der Waals surface area contributed by atoms with Crippen LogP contribution in [0.4, 0.5) is 11.6 Å². The third-order valence-electron chi connectivity index (χ3n) is 5.22. The predicted octanol–water partition coefficient (Wildman–Crippen LogP) is 3.39. The molecule has 0 aliphatic carbocycles. The minimum absolute atomic E-state index is 0.372. The summed E-state index contributed by atoms with van der Waals surface area (Å²) in [4.78, 5) is 13.6. The molecule has 4 heterocycles. The number of para-hydroxylation sites is 1. The molecule has 5 rings (SSSR count). The summed E-state index contributed by atoms with van der Waals surface area (Å²) in [5.74, 6) is 1.66. The van der Waals surface area contributed by atoms with Crippen LogP contribution in [-0.4, -0.2) is 29.3 Å². The van der Waals surface area contributed by atoms with Crippen molar-refractivity contribution in [2.24, 2.45) is 0 Å². The SMILES string of the molecule is Cc1nc2ccc(-c3cc(N)nc(N)c3)nc2n1CCc1cnn(-c2ccccc2)c1. The Morgan fingerprint density at radius 1 is 0.903 bits per heavy atom. The zero-order valence-corrected chi connectivity index (χ0v) is 17.1. The summed E-state index contributed by atoms with van der Waals surface area (Å²) in [5.41, 5.74) is 17.2. The van der Waals surface area contributed by atoms with E-state index < -0.39 is 0 Å². The molecule has 1 aromatic carbocycles. The minimum Gasteiger partial charge on any atom is -0.384 e. The number of aryl methyl sites for hydroxylation is 3. The lowest BCUT2D eigenvalue weighted by atomic mass is 10.1. The first-order chi connectivity index (χ1) is 15.1. The van der Waals surface area contributed by atoms with Gasteiger partial charge in [0.05, 0.1) is 17.6 Å². The lowest BCUT2D eigenvalue weighted by molar-refractivity contribution is 0.686. The number of fused-ring (bicyclic) bond motifs is 1. The second-order valence-corrected chi connectivity index (χ2v) is 7.43. The molecule has 0 fully saturated rings. The number of nitrogens with two attached hydrogens (primary N) is 2. The molecule has 154 valence electrons. The fourth-order valence-corrected chi connectivity index (χ4v) is 3.72. The smallest absolute Gasteiger partial charge is 0.160 e. The Labute approximate surface area is 179 Å². The van der Waals surface area contributed by atoms with Gasteiger partial charge in [0, 0.05) is 18.3 Å². The van der Waals surface area contributed by atoms with Crippen LogP contribution in [0.2, 0.25) is 0 Å². The van der Waals surface area contributed by atoms with Crippen LogP contribution in [0.3, 0.4) is 0 Å². The average Bonchev–Trinajstić information content (AvgIpc) is 3.35. The molecule has 0 unspecified atom stereocenters. The highest BCUT2D eigenvalue weighted by atomic mass is 15.3. The van der Waals surface area contributed by atoms with Crippen molar-refractivity contribution in [2.75, 3.05) is 11.5 Å². The molecular formula is C23H22N8. The average molecular weight is 410 g/mol. The highest BCUT2D eigenvalue weighted by Crippen LogP contribution is 2.24. The largest absolute Gasteiger partial charge is 0.384 e. The van der Waals surface area contributed by atoms with E-state index >= 15 is 0 Å². The van der Waals surface area contributed by atoms with Crippen LogP contribution in [0.1, 0.15) is 11.4 Å². The third-order valence-corrected chi connectivity index (χ3v) is 5.22. The second-order valence-electron chi connectivity index (χ2n) is 7.43. The van der Waals surface area contributed by atoms with Crippen LogP contribution in [0.5, 0.6) is 0 Å². The second kappa shape index (κ2) is 7.56. The van der Waals surface area contributed by atoms with E-state index in [1.54, 1.807) is 12.1 Å². The number of anilines is 2. The first-order valence-corrected chi connectivity index (χ1v) is 10.0. The Kier molecular flexibility index (Phi) is 4.59. The van der Waals surface area contributed by atoms with Crippen molar-refractivity contribution < 1.29 is 0 Å². The molecule has 0 radical (unpaired) electrons. The van der Waals surface area contributed by atoms with Gasteiger partial charge >= 0.3 is 0 Å². The van der Waals surface area contributed by atoms with Gasteiger partial charge < -0.3 is 16.0 Å². The van der Waals surface area contributed by atoms with Crippen LogP contribution in [0.25, 0.3) is 28.1 Å². The van der Waals surface area contributed by atoms with Crippen LogP contribution in [0, 0.1) is 6.92 Å². The molecule has 0 bridgehead atoms. The molecule has 0 atom stereocenters. The number of imidazole rings is 1. The number of hydrogen-bond donors (Lipinski definition) is 2. The number of hydrogen-bond acceptors (Lipinski definition) is 6. The van der Waals surface area contributed by atoms with E-state index in [-0.39, 0.29) is 0 Å². The Hall–Kier alpha value is -4.20. The van der Waals surface area contributed by atoms with Gasteiger partial charge in [0.2, 0.25) is 0 Å². The van der Waals surface area contributed by atoms with Gasteiger partial charge in [0.15, 0.2) is 5.65 Å². The maximum absolute atomic E-state index is 5.86. The molecule has 0 saturated carbocycles. The van der Waals surface area contributed by atoms with Crippen molar-refractivity contribution in [1.29, 1.82) is 0 Å². The van der Waals surface area contributed by atoms with Gasteiger partial charge in [0.25, 0.3) is 0 Å². The fraction of sp³-hybridized carbons (Fsp3) is 0.130. The summed E-state index contributed by atoms with van der Waals surface area (Å²) >= 11 is 0. The number of aromatic nitrogens is 6. The third kappa shape index (κ3) is 3.71. The van der Waals surface area contributed by atoms with Crippen LogP contribution >= 0.6 is 0 Å². The topological polar surface area (TPSA) is 113 Å². The molecule has 0 spiro atoms. The van der Waals surface area contributed by atoms with E-state index in [0.717, 1.165) is 52.5 Å². The van der Waals surface area contributed by atoms with E-state index in [4.69, 9.17) is 16.5 Å². The molecule has 4 aromatic heterocycles. The molecule has 8 heteroatoms. The first-order valence-electron chi connectivity index (χ1n) is 10.0. The van der Waals surface area contributed by atoms with E-state index in [1.807, 2.05) is 60.3 Å². The van der Waals surface area contributed by atoms with Crippen molar-refractivity contribution in [3.8, 4) is 16.9 Å². The van der Waals surface area contributed by atoms with Gasteiger partial charge in [-0.25, -0.2) is 19.6 Å². The van der Waals surface area contributed by atoms with Gasteiger partial charge in [-0.1, -0.05) is 18.2 Å². The molecule has 5 aromatic rings. The summed E-state index contributed by atoms with van der Waals surface area (Å²) in [7, 11) is 0. The zero-order chi connectivity index (χ0) is 21.4. The summed E-state index contributed by atoms with van der Waals surface area (Å²) in [6, 6.07) is 17.5. The van der Waals surface area contributed by atoms with Crippen molar-refractivity contribution in [2.45, 2.75) is 19.9 Å². The van der Waals surface area contributed by atoms with Gasteiger partial charge in [-0.15, -0.1) is 0 Å². The maximum Gasteiger partial charge on any atom is 0.160 e. The first kappa shape index (κ1) is 18.8. The number of nitrogen functional groups attached to an aromatic ring is 2. The Morgan fingerprint density at radius 3 is 2.45 bits per heavy atom. The minimum atomic E-state index is 0.372. The van der Waals surface area contributed by atoms with E-state index in [1.165, 1.54) is 0 Å². The van der Waals surface area contributed by atoms with Gasteiger partial charge in [-0.05, 0) is 55.3 Å². The molecule has 8 nitrogen and oxygen atoms in total. The highest BCUT2D eigenvalue weighted by molar-refractivity contribution is 5.77. The summed E-state index contributed by atoms with van der Waals surface area (Å²) in [6.07, 6.45) is 4.79. The van der Waals surface area contributed by atoms with Crippen molar-refractivity contribution in [3.05, 3.63) is 78.4 Å². The quantitative estimate of drug-likeness (QED) is 0.459. The number of nitrogens with zero attached hydrogens (tertiary/aromatic N) is 6. The monoisotopic (exact) mass is 410 g/mol. The molecular weight excluding hydrogens is 388 g/mol.